The first-order valence-electron chi connectivity index (χ1n) is 8.43. The van der Waals surface area contributed by atoms with Gasteiger partial charge in [0.2, 0.25) is 6.79 Å². The molecule has 0 aliphatic carbocycles. The maximum absolute atomic E-state index is 13.2. The largest absolute Gasteiger partial charge is 0.454 e. The van der Waals surface area contributed by atoms with Crippen LogP contribution in [0.1, 0.15) is 10.4 Å². The molecule has 0 bridgehead atoms. The van der Waals surface area contributed by atoms with Crippen molar-refractivity contribution < 1.29 is 18.7 Å². The minimum Gasteiger partial charge on any atom is -0.454 e. The van der Waals surface area contributed by atoms with E-state index in [2.05, 4.69) is 4.98 Å². The number of anilines is 1. The Kier molecular flexibility index (Phi) is 6.02. The third kappa shape index (κ3) is 4.04. The average Bonchev–Trinajstić information content (AvgIpc) is 3.25. The van der Waals surface area contributed by atoms with E-state index in [1.165, 1.54) is 35.6 Å². The highest BCUT2D eigenvalue weighted by Crippen LogP contribution is 2.40. The van der Waals surface area contributed by atoms with E-state index in [-0.39, 0.29) is 30.9 Å². The maximum atomic E-state index is 13.2. The fourth-order valence-corrected chi connectivity index (χ4v) is 3.75. The maximum Gasteiger partial charge on any atom is 0.260 e. The topological polar surface area (TPSA) is 54.9 Å². The summed E-state index contributed by atoms with van der Waals surface area (Å²) >= 11 is 1.42. The summed E-state index contributed by atoms with van der Waals surface area (Å²) in [5.41, 5.74) is 1.17. The highest BCUT2D eigenvalue weighted by atomic mass is 35.5. The third-order valence-corrected chi connectivity index (χ3v) is 5.25. The van der Waals surface area contributed by atoms with E-state index in [1.54, 1.807) is 4.90 Å². The Labute approximate surface area is 171 Å². The number of carbonyl (C=O) groups excluding carboxylic acids is 1. The van der Waals surface area contributed by atoms with Crippen LogP contribution < -0.4 is 14.4 Å². The first kappa shape index (κ1) is 20.3. The Morgan fingerprint density at radius 2 is 1.82 bits per heavy atom. The second-order valence-electron chi connectivity index (χ2n) is 6.44. The molecule has 1 amide bonds. The summed E-state index contributed by atoms with van der Waals surface area (Å²) in [5.74, 6) is 0.753. The van der Waals surface area contributed by atoms with Gasteiger partial charge in [0.15, 0.2) is 16.6 Å². The quantitative estimate of drug-likeness (QED) is 0.625. The lowest BCUT2D eigenvalue weighted by Gasteiger charge is -2.22. The first-order chi connectivity index (χ1) is 13.0. The SMILES string of the molecule is CN(C)CCN(C(=O)c1ccc(F)cc1)c1nc2cc3c(cc2s1)OCO3.Cl. The number of benzene rings is 2. The summed E-state index contributed by atoms with van der Waals surface area (Å²) in [6.45, 7) is 1.35. The van der Waals surface area contributed by atoms with E-state index in [9.17, 15) is 9.18 Å². The van der Waals surface area contributed by atoms with Crippen LogP contribution in [0.3, 0.4) is 0 Å². The first-order valence-corrected chi connectivity index (χ1v) is 9.25. The Hall–Kier alpha value is -2.42. The van der Waals surface area contributed by atoms with Crippen molar-refractivity contribution in [2.24, 2.45) is 0 Å². The van der Waals surface area contributed by atoms with Gasteiger partial charge in [0.25, 0.3) is 5.91 Å². The lowest BCUT2D eigenvalue weighted by atomic mass is 10.2. The number of hydrogen-bond acceptors (Lipinski definition) is 6. The zero-order chi connectivity index (χ0) is 19.0. The highest BCUT2D eigenvalue weighted by Gasteiger charge is 2.23. The molecular weight excluding hydrogens is 405 g/mol. The number of hydrogen-bond donors (Lipinski definition) is 0. The van der Waals surface area contributed by atoms with Crippen molar-refractivity contribution in [2.45, 2.75) is 0 Å². The van der Waals surface area contributed by atoms with Gasteiger partial charge in [-0.25, -0.2) is 9.37 Å². The number of rotatable bonds is 5. The van der Waals surface area contributed by atoms with Gasteiger partial charge in [-0.15, -0.1) is 12.4 Å². The molecule has 0 fully saturated rings. The number of likely N-dealkylation sites (N-methyl/N-ethyl adjacent to an activating group) is 1. The molecule has 2 aromatic carbocycles. The molecular formula is C19H19ClFN3O3S. The van der Waals surface area contributed by atoms with Gasteiger partial charge in [-0.1, -0.05) is 11.3 Å². The molecule has 0 atom stereocenters. The second-order valence-corrected chi connectivity index (χ2v) is 7.45. The normalized spacial score (nSPS) is 12.3. The van der Waals surface area contributed by atoms with Gasteiger partial charge >= 0.3 is 0 Å². The van der Waals surface area contributed by atoms with E-state index in [1.807, 2.05) is 31.1 Å². The molecule has 0 spiro atoms. The summed E-state index contributed by atoms with van der Waals surface area (Å²) in [6.07, 6.45) is 0. The standard InChI is InChI=1S/C19H18FN3O3S.ClH/c1-22(2)7-8-23(18(24)12-3-5-13(20)6-4-12)19-21-14-9-15-16(26-11-25-15)10-17(14)27-19;/h3-6,9-10H,7-8,11H2,1-2H3;1H. The molecule has 1 aliphatic rings. The fraction of sp³-hybridized carbons (Fsp3) is 0.263. The molecule has 0 unspecified atom stereocenters. The summed E-state index contributed by atoms with van der Waals surface area (Å²) in [4.78, 5) is 21.3. The number of nitrogens with zero attached hydrogens (tertiary/aromatic N) is 3. The summed E-state index contributed by atoms with van der Waals surface area (Å²) in [7, 11) is 3.89. The van der Waals surface area contributed by atoms with E-state index in [0.29, 0.717) is 35.3 Å². The second kappa shape index (κ2) is 8.30. The van der Waals surface area contributed by atoms with Crippen molar-refractivity contribution in [1.29, 1.82) is 0 Å². The number of aromatic nitrogens is 1. The summed E-state index contributed by atoms with van der Waals surface area (Å²) in [6, 6.07) is 9.26. The predicted octanol–water partition coefficient (Wildman–Crippen LogP) is 3.79. The predicted molar refractivity (Wildman–Crippen MR) is 110 cm³/mol. The third-order valence-electron chi connectivity index (χ3n) is 4.21. The zero-order valence-electron chi connectivity index (χ0n) is 15.3. The van der Waals surface area contributed by atoms with Gasteiger partial charge in [-0.2, -0.15) is 0 Å². The molecule has 2 heterocycles. The number of thiazole rings is 1. The molecule has 3 aromatic rings. The lowest BCUT2D eigenvalue weighted by molar-refractivity contribution is 0.0985. The molecule has 0 saturated heterocycles. The van der Waals surface area contributed by atoms with Gasteiger partial charge < -0.3 is 14.4 Å². The Bertz CT molecular complexity index is 953. The molecule has 1 aromatic heterocycles. The zero-order valence-corrected chi connectivity index (χ0v) is 17.0. The van der Waals surface area contributed by atoms with Crippen LogP contribution >= 0.6 is 23.7 Å². The van der Waals surface area contributed by atoms with Gasteiger partial charge in [-0.3, -0.25) is 9.69 Å². The van der Waals surface area contributed by atoms with Crippen LogP contribution in [0.4, 0.5) is 9.52 Å². The number of amides is 1. The number of carbonyl (C=O) groups is 1. The van der Waals surface area contributed by atoms with E-state index in [0.717, 1.165) is 10.2 Å². The molecule has 148 valence electrons. The highest BCUT2D eigenvalue weighted by molar-refractivity contribution is 7.22. The molecule has 0 radical (unpaired) electrons. The molecule has 0 N–H and O–H groups in total. The Morgan fingerprint density at radius 3 is 2.50 bits per heavy atom. The van der Waals surface area contributed by atoms with E-state index in [4.69, 9.17) is 9.47 Å². The van der Waals surface area contributed by atoms with Crippen LogP contribution in [0.2, 0.25) is 0 Å². The monoisotopic (exact) mass is 423 g/mol. The van der Waals surface area contributed by atoms with Crippen molar-refractivity contribution >= 4 is 45.0 Å². The Balaban J connectivity index is 0.00000225. The fourth-order valence-electron chi connectivity index (χ4n) is 2.75. The van der Waals surface area contributed by atoms with Crippen LogP contribution in [0.5, 0.6) is 11.5 Å². The molecule has 6 nitrogen and oxygen atoms in total. The Morgan fingerprint density at radius 1 is 1.14 bits per heavy atom. The minimum atomic E-state index is -0.374. The van der Waals surface area contributed by atoms with Gasteiger partial charge in [0.05, 0.1) is 10.2 Å². The van der Waals surface area contributed by atoms with Crippen LogP contribution in [0.15, 0.2) is 36.4 Å². The molecule has 1 aliphatic heterocycles. The molecule has 9 heteroatoms. The van der Waals surface area contributed by atoms with Crippen LogP contribution in [-0.4, -0.2) is 49.8 Å². The van der Waals surface area contributed by atoms with Crippen molar-refractivity contribution in [3.05, 3.63) is 47.8 Å². The summed E-state index contributed by atoms with van der Waals surface area (Å²) in [5, 5.41) is 0.588. The van der Waals surface area contributed by atoms with E-state index < -0.39 is 0 Å². The van der Waals surface area contributed by atoms with Crippen LogP contribution in [-0.2, 0) is 0 Å². The average molecular weight is 424 g/mol. The van der Waals surface area contributed by atoms with Gasteiger partial charge in [-0.05, 0) is 38.4 Å². The molecule has 0 saturated carbocycles. The molecule has 28 heavy (non-hydrogen) atoms. The summed E-state index contributed by atoms with van der Waals surface area (Å²) < 4.78 is 24.9. The van der Waals surface area contributed by atoms with Gasteiger partial charge in [0, 0.05) is 30.8 Å². The van der Waals surface area contributed by atoms with Crippen molar-refractivity contribution in [3.63, 3.8) is 0 Å². The van der Waals surface area contributed by atoms with Crippen LogP contribution in [0, 0.1) is 5.82 Å². The smallest absolute Gasteiger partial charge is 0.260 e. The number of ether oxygens (including phenoxy) is 2. The van der Waals surface area contributed by atoms with Gasteiger partial charge in [0.1, 0.15) is 5.82 Å². The number of halogens is 2. The lowest BCUT2D eigenvalue weighted by Crippen LogP contribution is -2.36. The van der Waals surface area contributed by atoms with Crippen molar-refractivity contribution in [1.82, 2.24) is 9.88 Å². The molecule has 4 rings (SSSR count). The van der Waals surface area contributed by atoms with Crippen molar-refractivity contribution in [3.8, 4) is 11.5 Å². The number of fused-ring (bicyclic) bond motifs is 2. The van der Waals surface area contributed by atoms with Crippen LogP contribution in [0.25, 0.3) is 10.2 Å². The van der Waals surface area contributed by atoms with E-state index >= 15 is 0 Å². The minimum absolute atomic E-state index is 0. The van der Waals surface area contributed by atoms with Crippen molar-refractivity contribution in [2.75, 3.05) is 38.9 Å².